The number of carbonyl (C=O) groups excluding carboxylic acids is 1. The van der Waals surface area contributed by atoms with Gasteiger partial charge in [0.1, 0.15) is 5.60 Å². The van der Waals surface area contributed by atoms with E-state index in [-0.39, 0.29) is 6.09 Å². The van der Waals surface area contributed by atoms with Crippen LogP contribution < -0.4 is 10.6 Å². The maximum absolute atomic E-state index is 11.6. The minimum absolute atomic E-state index is 0.327. The van der Waals surface area contributed by atoms with E-state index in [1.807, 2.05) is 20.8 Å². The van der Waals surface area contributed by atoms with Gasteiger partial charge in [-0.05, 0) is 40.2 Å². The summed E-state index contributed by atoms with van der Waals surface area (Å²) < 4.78 is 5.25. The van der Waals surface area contributed by atoms with Gasteiger partial charge in [-0.25, -0.2) is 4.79 Å². The van der Waals surface area contributed by atoms with Gasteiger partial charge in [-0.2, -0.15) is 0 Å². The summed E-state index contributed by atoms with van der Waals surface area (Å²) in [5.74, 6) is 0. The number of ether oxygens (including phenoxy) is 1. The van der Waals surface area contributed by atoms with E-state index in [1.165, 1.54) is 25.7 Å². The fourth-order valence-corrected chi connectivity index (χ4v) is 2.00. The molecule has 4 heteroatoms. The van der Waals surface area contributed by atoms with Crippen molar-refractivity contribution in [1.82, 2.24) is 10.6 Å². The topological polar surface area (TPSA) is 50.4 Å². The fourth-order valence-electron chi connectivity index (χ4n) is 2.00. The first kappa shape index (κ1) is 19.2. The Balaban J connectivity index is 3.86. The Bertz CT molecular complexity index is 249. The van der Waals surface area contributed by atoms with Crippen LogP contribution in [0.15, 0.2) is 0 Å². The van der Waals surface area contributed by atoms with Crippen LogP contribution in [0.25, 0.3) is 0 Å². The lowest BCUT2D eigenvalue weighted by Gasteiger charge is -2.22. The van der Waals surface area contributed by atoms with Crippen molar-refractivity contribution in [2.45, 2.75) is 84.8 Å². The summed E-state index contributed by atoms with van der Waals surface area (Å²) in [6.07, 6.45) is 6.91. The number of rotatable bonds is 10. The largest absolute Gasteiger partial charge is 0.444 e. The number of hydrogen-bond donors (Lipinski definition) is 2. The lowest BCUT2D eigenvalue weighted by atomic mass is 10.1. The summed E-state index contributed by atoms with van der Waals surface area (Å²) in [6, 6.07) is 0.342. The summed E-state index contributed by atoms with van der Waals surface area (Å²) in [7, 11) is 0. The minimum atomic E-state index is -0.433. The highest BCUT2D eigenvalue weighted by atomic mass is 16.6. The highest BCUT2D eigenvalue weighted by Gasteiger charge is 2.17. The molecule has 1 unspecified atom stereocenters. The van der Waals surface area contributed by atoms with Crippen LogP contribution in [0.5, 0.6) is 0 Å². The first-order chi connectivity index (χ1) is 9.39. The molecular weight excluding hydrogens is 252 g/mol. The van der Waals surface area contributed by atoms with Crippen LogP contribution >= 0.6 is 0 Å². The van der Waals surface area contributed by atoms with Gasteiger partial charge in [-0.3, -0.25) is 0 Å². The van der Waals surface area contributed by atoms with Crippen molar-refractivity contribution >= 4 is 6.09 Å². The second kappa shape index (κ2) is 11.0. The van der Waals surface area contributed by atoms with Crippen molar-refractivity contribution < 1.29 is 9.53 Å². The van der Waals surface area contributed by atoms with Gasteiger partial charge in [0.2, 0.25) is 0 Å². The molecular formula is C16H34N2O2. The number of hydrogen-bond acceptors (Lipinski definition) is 3. The van der Waals surface area contributed by atoms with Gasteiger partial charge in [0, 0.05) is 12.6 Å². The zero-order chi connectivity index (χ0) is 15.4. The van der Waals surface area contributed by atoms with E-state index in [0.29, 0.717) is 12.6 Å². The summed E-state index contributed by atoms with van der Waals surface area (Å²) >= 11 is 0. The Kier molecular flexibility index (Phi) is 10.5. The van der Waals surface area contributed by atoms with E-state index in [0.717, 1.165) is 19.4 Å². The smallest absolute Gasteiger partial charge is 0.407 e. The molecule has 0 fully saturated rings. The molecule has 4 nitrogen and oxygen atoms in total. The summed E-state index contributed by atoms with van der Waals surface area (Å²) in [6.45, 7) is 11.7. The molecule has 0 aromatic carbocycles. The quantitative estimate of drug-likeness (QED) is 0.600. The molecule has 0 aromatic rings. The molecule has 0 bridgehead atoms. The number of unbranched alkanes of at least 4 members (excludes halogenated alkanes) is 3. The van der Waals surface area contributed by atoms with Gasteiger partial charge in [0.15, 0.2) is 0 Å². The highest BCUT2D eigenvalue weighted by molar-refractivity contribution is 5.67. The first-order valence-corrected chi connectivity index (χ1v) is 8.09. The van der Waals surface area contributed by atoms with E-state index in [9.17, 15) is 4.79 Å². The Morgan fingerprint density at radius 3 is 2.35 bits per heavy atom. The van der Waals surface area contributed by atoms with Crippen LogP contribution in [0.4, 0.5) is 4.79 Å². The Hall–Kier alpha value is -0.770. The molecule has 0 aliphatic rings. The van der Waals surface area contributed by atoms with Crippen LogP contribution in [-0.4, -0.2) is 30.8 Å². The van der Waals surface area contributed by atoms with Crippen LogP contribution in [-0.2, 0) is 4.74 Å². The molecule has 0 rings (SSSR count). The van der Waals surface area contributed by atoms with Crippen molar-refractivity contribution in [3.8, 4) is 0 Å². The zero-order valence-corrected chi connectivity index (χ0v) is 14.1. The van der Waals surface area contributed by atoms with Crippen LogP contribution in [0, 0.1) is 0 Å². The predicted octanol–water partition coefficient (Wildman–Crippen LogP) is 3.85. The average molecular weight is 286 g/mol. The third-order valence-corrected chi connectivity index (χ3v) is 2.99. The second-order valence-electron chi connectivity index (χ2n) is 6.38. The standard InChI is InChI=1S/C16H34N2O2/c1-6-8-9-10-12-17-14(11-7-2)13-18-15(19)20-16(3,4)5/h14,17H,6-13H2,1-5H3,(H,18,19). The summed E-state index contributed by atoms with van der Waals surface area (Å²) in [4.78, 5) is 11.6. The lowest BCUT2D eigenvalue weighted by molar-refractivity contribution is 0.0521. The first-order valence-electron chi connectivity index (χ1n) is 8.09. The molecule has 0 radical (unpaired) electrons. The maximum Gasteiger partial charge on any atom is 0.407 e. The van der Waals surface area contributed by atoms with Gasteiger partial charge >= 0.3 is 6.09 Å². The van der Waals surface area contributed by atoms with Crippen molar-refractivity contribution in [1.29, 1.82) is 0 Å². The third kappa shape index (κ3) is 12.3. The molecule has 0 saturated carbocycles. The van der Waals surface area contributed by atoms with Gasteiger partial charge < -0.3 is 15.4 Å². The third-order valence-electron chi connectivity index (χ3n) is 2.99. The van der Waals surface area contributed by atoms with E-state index < -0.39 is 5.60 Å². The predicted molar refractivity (Wildman–Crippen MR) is 85.1 cm³/mol. The molecule has 20 heavy (non-hydrogen) atoms. The molecule has 120 valence electrons. The van der Waals surface area contributed by atoms with Crippen LogP contribution in [0.3, 0.4) is 0 Å². The van der Waals surface area contributed by atoms with Crippen molar-refractivity contribution in [2.75, 3.05) is 13.1 Å². The highest BCUT2D eigenvalue weighted by Crippen LogP contribution is 2.06. The van der Waals surface area contributed by atoms with Crippen molar-refractivity contribution in [3.63, 3.8) is 0 Å². The normalized spacial score (nSPS) is 13.1. The van der Waals surface area contributed by atoms with E-state index in [2.05, 4.69) is 24.5 Å². The van der Waals surface area contributed by atoms with Crippen LogP contribution in [0.1, 0.15) is 73.1 Å². The number of carbonyl (C=O) groups is 1. The van der Waals surface area contributed by atoms with Crippen LogP contribution in [0.2, 0.25) is 0 Å². The van der Waals surface area contributed by atoms with Gasteiger partial charge in [0.25, 0.3) is 0 Å². The van der Waals surface area contributed by atoms with E-state index >= 15 is 0 Å². The molecule has 0 aliphatic heterocycles. The molecule has 1 amide bonds. The molecule has 0 heterocycles. The van der Waals surface area contributed by atoms with Crippen molar-refractivity contribution in [3.05, 3.63) is 0 Å². The SMILES string of the molecule is CCCCCCNC(CCC)CNC(=O)OC(C)(C)C. The fraction of sp³-hybridized carbons (Fsp3) is 0.938. The summed E-state index contributed by atoms with van der Waals surface area (Å²) in [5, 5.41) is 6.38. The average Bonchev–Trinajstić information content (AvgIpc) is 2.33. The Labute approximate surface area is 125 Å². The molecule has 0 aliphatic carbocycles. The molecule has 0 aromatic heterocycles. The number of nitrogens with one attached hydrogen (secondary N) is 2. The number of amides is 1. The Morgan fingerprint density at radius 1 is 1.10 bits per heavy atom. The Morgan fingerprint density at radius 2 is 1.80 bits per heavy atom. The second-order valence-corrected chi connectivity index (χ2v) is 6.38. The number of alkyl carbamates (subject to hydrolysis) is 1. The van der Waals surface area contributed by atoms with Gasteiger partial charge in [-0.15, -0.1) is 0 Å². The van der Waals surface area contributed by atoms with Crippen molar-refractivity contribution in [2.24, 2.45) is 0 Å². The minimum Gasteiger partial charge on any atom is -0.444 e. The lowest BCUT2D eigenvalue weighted by Crippen LogP contribution is -2.43. The summed E-state index contributed by atoms with van der Waals surface area (Å²) in [5.41, 5.74) is -0.433. The monoisotopic (exact) mass is 286 g/mol. The molecule has 1 atom stereocenters. The molecule has 0 saturated heterocycles. The molecule has 0 spiro atoms. The van der Waals surface area contributed by atoms with Gasteiger partial charge in [0.05, 0.1) is 0 Å². The van der Waals surface area contributed by atoms with E-state index in [1.54, 1.807) is 0 Å². The van der Waals surface area contributed by atoms with E-state index in [4.69, 9.17) is 4.74 Å². The molecule has 2 N–H and O–H groups in total. The zero-order valence-electron chi connectivity index (χ0n) is 14.1. The van der Waals surface area contributed by atoms with Gasteiger partial charge in [-0.1, -0.05) is 39.5 Å². The maximum atomic E-state index is 11.6.